The van der Waals surface area contributed by atoms with Gasteiger partial charge in [0.1, 0.15) is 17.4 Å². The average molecular weight is 353 g/mol. The highest BCUT2D eigenvalue weighted by molar-refractivity contribution is 9.10. The lowest BCUT2D eigenvalue weighted by Crippen LogP contribution is -2.01. The molecule has 0 bridgehead atoms. The molecule has 7 nitrogen and oxygen atoms in total. The molecule has 0 unspecified atom stereocenters. The molecule has 0 fully saturated rings. The van der Waals surface area contributed by atoms with E-state index < -0.39 is 4.92 Å². The molecule has 0 atom stereocenters. The Kier molecular flexibility index (Phi) is 4.69. The summed E-state index contributed by atoms with van der Waals surface area (Å²) in [6.07, 6.45) is 0.657. The number of benzene rings is 1. The molecular weight excluding hydrogens is 340 g/mol. The second-order valence-electron chi connectivity index (χ2n) is 4.12. The fourth-order valence-corrected chi connectivity index (χ4v) is 2.10. The Hall–Kier alpha value is -2.22. The maximum atomic E-state index is 10.9. The van der Waals surface area contributed by atoms with Crippen molar-refractivity contribution in [2.75, 3.05) is 12.4 Å². The van der Waals surface area contributed by atoms with Crippen molar-refractivity contribution in [3.63, 3.8) is 0 Å². The number of nitrogens with zero attached hydrogens (tertiary/aromatic N) is 3. The van der Waals surface area contributed by atoms with Gasteiger partial charge in [0, 0.05) is 30.1 Å². The summed E-state index contributed by atoms with van der Waals surface area (Å²) in [4.78, 5) is 18.9. The largest absolute Gasteiger partial charge is 0.439 e. The van der Waals surface area contributed by atoms with Crippen molar-refractivity contribution in [1.82, 2.24) is 9.97 Å². The Balaban J connectivity index is 2.35. The summed E-state index contributed by atoms with van der Waals surface area (Å²) in [7, 11) is 1.75. The van der Waals surface area contributed by atoms with E-state index in [9.17, 15) is 10.1 Å². The lowest BCUT2D eigenvalue weighted by Gasteiger charge is -2.08. The second kappa shape index (κ2) is 6.49. The van der Waals surface area contributed by atoms with Crippen molar-refractivity contribution in [1.29, 1.82) is 0 Å². The molecule has 0 aliphatic heterocycles. The molecule has 0 amide bonds. The van der Waals surface area contributed by atoms with Crippen molar-refractivity contribution in [2.24, 2.45) is 0 Å². The zero-order valence-electron chi connectivity index (χ0n) is 11.5. The van der Waals surface area contributed by atoms with Gasteiger partial charge in [-0.1, -0.05) is 22.9 Å². The van der Waals surface area contributed by atoms with Crippen LogP contribution in [0.4, 0.5) is 11.5 Å². The van der Waals surface area contributed by atoms with Gasteiger partial charge in [0.05, 0.1) is 11.0 Å². The van der Waals surface area contributed by atoms with Crippen LogP contribution in [0.1, 0.15) is 12.7 Å². The molecule has 1 N–H and O–H groups in total. The molecule has 0 aliphatic carbocycles. The molecule has 110 valence electrons. The van der Waals surface area contributed by atoms with Crippen molar-refractivity contribution in [3.8, 4) is 11.6 Å². The number of aromatic nitrogens is 2. The van der Waals surface area contributed by atoms with E-state index in [1.165, 1.54) is 12.1 Å². The summed E-state index contributed by atoms with van der Waals surface area (Å²) in [5.74, 6) is 1.92. The van der Waals surface area contributed by atoms with Crippen LogP contribution >= 0.6 is 15.9 Å². The Bertz CT molecular complexity index is 656. The topological polar surface area (TPSA) is 90.2 Å². The van der Waals surface area contributed by atoms with E-state index in [0.29, 0.717) is 34.2 Å². The number of anilines is 1. The second-order valence-corrected chi connectivity index (χ2v) is 5.03. The minimum atomic E-state index is -0.478. The van der Waals surface area contributed by atoms with E-state index in [4.69, 9.17) is 4.74 Å². The van der Waals surface area contributed by atoms with Crippen LogP contribution in [0, 0.1) is 10.1 Å². The first kappa shape index (κ1) is 15.2. The molecule has 0 saturated heterocycles. The van der Waals surface area contributed by atoms with Crippen LogP contribution in [-0.4, -0.2) is 21.9 Å². The van der Waals surface area contributed by atoms with Crippen LogP contribution in [-0.2, 0) is 6.42 Å². The molecule has 0 spiro atoms. The molecule has 2 rings (SSSR count). The molecule has 0 radical (unpaired) electrons. The number of non-ortho nitro benzene ring substituents is 1. The minimum Gasteiger partial charge on any atom is -0.439 e. The summed E-state index contributed by atoms with van der Waals surface area (Å²) in [5, 5.41) is 13.8. The summed E-state index contributed by atoms with van der Waals surface area (Å²) >= 11 is 3.22. The molecule has 1 aromatic heterocycles. The van der Waals surface area contributed by atoms with Crippen LogP contribution in [0.25, 0.3) is 0 Å². The van der Waals surface area contributed by atoms with E-state index in [0.717, 1.165) is 0 Å². The lowest BCUT2D eigenvalue weighted by molar-refractivity contribution is -0.385. The number of nitrogens with one attached hydrogen (secondary N) is 1. The molecular formula is C13H13BrN4O3. The van der Waals surface area contributed by atoms with Crippen LogP contribution in [0.5, 0.6) is 11.6 Å². The van der Waals surface area contributed by atoms with E-state index >= 15 is 0 Å². The number of nitro benzene ring substituents is 1. The maximum absolute atomic E-state index is 10.9. The van der Waals surface area contributed by atoms with Gasteiger partial charge >= 0.3 is 0 Å². The third-order valence-corrected chi connectivity index (χ3v) is 3.07. The standard InChI is InChI=1S/C13H13BrN4O3/c1-3-11-16-12(15-2)7-13(17-11)21-10-5-8(14)4-9(6-10)18(19)20/h4-7H,3H2,1-2H3,(H,15,16,17). The van der Waals surface area contributed by atoms with E-state index in [1.54, 1.807) is 19.2 Å². The van der Waals surface area contributed by atoms with Gasteiger partial charge in [0.2, 0.25) is 5.88 Å². The molecule has 8 heteroatoms. The van der Waals surface area contributed by atoms with E-state index in [2.05, 4.69) is 31.2 Å². The Morgan fingerprint density at radius 2 is 2.10 bits per heavy atom. The van der Waals surface area contributed by atoms with Gasteiger partial charge in [-0.3, -0.25) is 10.1 Å². The SMILES string of the molecule is CCc1nc(NC)cc(Oc2cc(Br)cc([N+](=O)[O-])c2)n1. The molecule has 2 aromatic rings. The van der Waals surface area contributed by atoms with Crippen LogP contribution in [0.3, 0.4) is 0 Å². The van der Waals surface area contributed by atoms with Crippen LogP contribution in [0.15, 0.2) is 28.7 Å². The summed E-state index contributed by atoms with van der Waals surface area (Å²) in [5.41, 5.74) is -0.0574. The Morgan fingerprint density at radius 3 is 2.71 bits per heavy atom. The first-order valence-corrected chi connectivity index (χ1v) is 6.99. The number of hydrogen-bond acceptors (Lipinski definition) is 6. The van der Waals surface area contributed by atoms with Crippen molar-refractivity contribution in [2.45, 2.75) is 13.3 Å². The molecule has 0 aliphatic rings. The Morgan fingerprint density at radius 1 is 1.33 bits per heavy atom. The smallest absolute Gasteiger partial charge is 0.274 e. The fourth-order valence-electron chi connectivity index (χ4n) is 1.64. The minimum absolute atomic E-state index is 0.0574. The number of aryl methyl sites for hydroxylation is 1. The van der Waals surface area contributed by atoms with Crippen LogP contribution in [0.2, 0.25) is 0 Å². The molecule has 21 heavy (non-hydrogen) atoms. The van der Waals surface area contributed by atoms with Gasteiger partial charge < -0.3 is 10.1 Å². The van der Waals surface area contributed by atoms with Crippen molar-refractivity contribution < 1.29 is 9.66 Å². The molecule has 0 saturated carbocycles. The van der Waals surface area contributed by atoms with E-state index in [-0.39, 0.29) is 5.69 Å². The lowest BCUT2D eigenvalue weighted by atomic mass is 10.3. The zero-order chi connectivity index (χ0) is 15.4. The normalized spacial score (nSPS) is 10.2. The van der Waals surface area contributed by atoms with Gasteiger partial charge in [-0.2, -0.15) is 4.98 Å². The zero-order valence-corrected chi connectivity index (χ0v) is 13.0. The third kappa shape index (κ3) is 3.88. The monoisotopic (exact) mass is 352 g/mol. The van der Waals surface area contributed by atoms with Gasteiger partial charge in [0.15, 0.2) is 0 Å². The number of ether oxygens (including phenoxy) is 1. The Labute approximate surface area is 129 Å². The van der Waals surface area contributed by atoms with Gasteiger partial charge in [-0.15, -0.1) is 0 Å². The molecule has 1 aromatic carbocycles. The highest BCUT2D eigenvalue weighted by Crippen LogP contribution is 2.29. The molecule has 1 heterocycles. The number of nitro groups is 1. The van der Waals surface area contributed by atoms with Crippen LogP contribution < -0.4 is 10.1 Å². The fraction of sp³-hybridized carbons (Fsp3) is 0.231. The number of rotatable bonds is 5. The van der Waals surface area contributed by atoms with E-state index in [1.807, 2.05) is 6.92 Å². The average Bonchev–Trinajstić information content (AvgIpc) is 2.46. The quantitative estimate of drug-likeness (QED) is 0.653. The first-order valence-electron chi connectivity index (χ1n) is 6.20. The van der Waals surface area contributed by atoms with Crippen molar-refractivity contribution >= 4 is 27.4 Å². The number of hydrogen-bond donors (Lipinski definition) is 1. The predicted octanol–water partition coefficient (Wildman–Crippen LogP) is 3.54. The summed E-state index contributed by atoms with van der Waals surface area (Å²) in [6, 6.07) is 6.02. The predicted molar refractivity (Wildman–Crippen MR) is 81.8 cm³/mol. The summed E-state index contributed by atoms with van der Waals surface area (Å²) < 4.78 is 6.17. The van der Waals surface area contributed by atoms with Gasteiger partial charge in [-0.05, 0) is 6.07 Å². The third-order valence-electron chi connectivity index (χ3n) is 2.61. The first-order chi connectivity index (χ1) is 10.0. The summed E-state index contributed by atoms with van der Waals surface area (Å²) in [6.45, 7) is 1.93. The maximum Gasteiger partial charge on any atom is 0.274 e. The van der Waals surface area contributed by atoms with Gasteiger partial charge in [0.25, 0.3) is 5.69 Å². The van der Waals surface area contributed by atoms with Gasteiger partial charge in [-0.25, -0.2) is 4.98 Å². The number of halogens is 1. The van der Waals surface area contributed by atoms with Crippen molar-refractivity contribution in [3.05, 3.63) is 44.7 Å². The highest BCUT2D eigenvalue weighted by atomic mass is 79.9. The highest BCUT2D eigenvalue weighted by Gasteiger charge is 2.11.